The number of fused-ring (bicyclic) bond motifs is 3. The zero-order valence-corrected chi connectivity index (χ0v) is 27.5. The van der Waals surface area contributed by atoms with Crippen LogP contribution in [0.4, 0.5) is 0 Å². The molecule has 5 aliphatic rings. The molecule has 0 unspecified atom stereocenters. The van der Waals surface area contributed by atoms with Gasteiger partial charge in [-0.15, -0.1) is 0 Å². The van der Waals surface area contributed by atoms with E-state index in [2.05, 4.69) is 27.7 Å². The SMILES string of the molecule is CC1(C)[C@H]2CC[C@]3(C)O[C@@](C)([C@@H](O)CO[C@@H]4O[C@H](CO)[C@@H](O)[C@H](O)[C@H]4O)CC[C@H]3[C@]2(C)CC[C@H]1O[C@@H]1O[C@H](CO)[C@@H](O)[C@H](O)[C@H]1O. The predicted molar refractivity (Wildman–Crippen MR) is 159 cm³/mol. The van der Waals surface area contributed by atoms with Crippen molar-refractivity contribution in [2.45, 2.75) is 158 Å². The molecule has 268 valence electrons. The lowest BCUT2D eigenvalue weighted by Crippen LogP contribution is -2.67. The van der Waals surface area contributed by atoms with Gasteiger partial charge < -0.3 is 69.6 Å². The van der Waals surface area contributed by atoms with Crippen LogP contribution in [0.5, 0.6) is 0 Å². The summed E-state index contributed by atoms with van der Waals surface area (Å²) in [6, 6.07) is 0. The first kappa shape index (κ1) is 36.7. The maximum atomic E-state index is 11.3. The maximum Gasteiger partial charge on any atom is 0.186 e. The van der Waals surface area contributed by atoms with Gasteiger partial charge in [0.25, 0.3) is 0 Å². The van der Waals surface area contributed by atoms with Crippen LogP contribution in [0.3, 0.4) is 0 Å². The van der Waals surface area contributed by atoms with Gasteiger partial charge in [-0.3, -0.25) is 0 Å². The molecule has 0 aromatic rings. The van der Waals surface area contributed by atoms with Gasteiger partial charge in [0.05, 0.1) is 37.1 Å². The third kappa shape index (κ3) is 6.19. The molecule has 14 nitrogen and oxygen atoms in total. The van der Waals surface area contributed by atoms with E-state index in [0.29, 0.717) is 12.8 Å². The number of rotatable bonds is 8. The summed E-state index contributed by atoms with van der Waals surface area (Å²) >= 11 is 0. The molecule has 0 aromatic carbocycles. The van der Waals surface area contributed by atoms with Crippen LogP contribution in [-0.4, -0.2) is 151 Å². The molecule has 17 atom stereocenters. The molecule has 14 heteroatoms. The highest BCUT2D eigenvalue weighted by Crippen LogP contribution is 2.66. The van der Waals surface area contributed by atoms with E-state index in [4.69, 9.17) is 23.7 Å². The van der Waals surface area contributed by atoms with E-state index >= 15 is 0 Å². The topological polar surface area (TPSA) is 228 Å². The average molecular weight is 665 g/mol. The minimum atomic E-state index is -1.58. The van der Waals surface area contributed by atoms with Crippen molar-refractivity contribution in [1.29, 1.82) is 0 Å². The highest BCUT2D eigenvalue weighted by atomic mass is 16.7. The van der Waals surface area contributed by atoms with Crippen molar-refractivity contribution in [2.24, 2.45) is 22.7 Å². The fourth-order valence-electron chi connectivity index (χ4n) is 9.64. The molecule has 5 rings (SSSR count). The molecule has 3 saturated heterocycles. The van der Waals surface area contributed by atoms with E-state index in [1.807, 2.05) is 6.92 Å². The van der Waals surface area contributed by atoms with Crippen LogP contribution in [0, 0.1) is 22.7 Å². The van der Waals surface area contributed by atoms with Gasteiger partial charge >= 0.3 is 0 Å². The van der Waals surface area contributed by atoms with E-state index in [9.17, 15) is 46.0 Å². The van der Waals surface area contributed by atoms with Crippen LogP contribution in [0.25, 0.3) is 0 Å². The highest BCUT2D eigenvalue weighted by molar-refractivity contribution is 5.13. The summed E-state index contributed by atoms with van der Waals surface area (Å²) < 4.78 is 30.0. The molecule has 0 bridgehead atoms. The third-order valence-corrected chi connectivity index (χ3v) is 12.4. The lowest BCUT2D eigenvalue weighted by Gasteiger charge is -2.66. The summed E-state index contributed by atoms with van der Waals surface area (Å²) in [5.41, 5.74) is -2.01. The summed E-state index contributed by atoms with van der Waals surface area (Å²) in [6.07, 6.45) is -10.8. The van der Waals surface area contributed by atoms with Crippen LogP contribution < -0.4 is 0 Å². The molecule has 0 amide bonds. The van der Waals surface area contributed by atoms with Crippen LogP contribution in [-0.2, 0) is 23.7 Å². The monoisotopic (exact) mass is 664 g/mol. The van der Waals surface area contributed by atoms with Gasteiger partial charge in [0.15, 0.2) is 12.6 Å². The zero-order chi connectivity index (χ0) is 34.0. The number of aliphatic hydroxyl groups excluding tert-OH is 9. The first-order valence-corrected chi connectivity index (χ1v) is 16.7. The van der Waals surface area contributed by atoms with Crippen LogP contribution >= 0.6 is 0 Å². The molecule has 0 aromatic heterocycles. The lowest BCUT2D eigenvalue weighted by molar-refractivity contribution is -0.338. The van der Waals surface area contributed by atoms with E-state index < -0.39 is 91.9 Å². The number of hydrogen-bond donors (Lipinski definition) is 9. The largest absolute Gasteiger partial charge is 0.394 e. The second-order valence-electron chi connectivity index (χ2n) is 15.6. The van der Waals surface area contributed by atoms with Crippen molar-refractivity contribution in [1.82, 2.24) is 0 Å². The Morgan fingerprint density at radius 1 is 0.674 bits per heavy atom. The normalized spacial score (nSPS) is 53.2. The molecule has 46 heavy (non-hydrogen) atoms. The first-order chi connectivity index (χ1) is 21.4. The Balaban J connectivity index is 1.24. The predicted octanol–water partition coefficient (Wildman–Crippen LogP) is -1.47. The van der Waals surface area contributed by atoms with Crippen molar-refractivity contribution < 1.29 is 69.6 Å². The quantitative estimate of drug-likeness (QED) is 0.135. The fourth-order valence-corrected chi connectivity index (χ4v) is 9.64. The molecule has 5 fully saturated rings. The van der Waals surface area contributed by atoms with E-state index in [-0.39, 0.29) is 35.4 Å². The number of ether oxygens (including phenoxy) is 5. The van der Waals surface area contributed by atoms with Crippen molar-refractivity contribution in [3.05, 3.63) is 0 Å². The summed E-state index contributed by atoms with van der Waals surface area (Å²) in [6.45, 7) is 9.20. The highest BCUT2D eigenvalue weighted by Gasteiger charge is 2.64. The Hall–Kier alpha value is -0.560. The van der Waals surface area contributed by atoms with E-state index in [0.717, 1.165) is 25.7 Å². The van der Waals surface area contributed by atoms with Gasteiger partial charge in [0.2, 0.25) is 0 Å². The van der Waals surface area contributed by atoms with Crippen LogP contribution in [0.1, 0.15) is 73.1 Å². The van der Waals surface area contributed by atoms with Crippen LogP contribution in [0.15, 0.2) is 0 Å². The summed E-state index contributed by atoms with van der Waals surface area (Å²) in [5, 5.41) is 92.0. The maximum absolute atomic E-state index is 11.3. The molecule has 0 spiro atoms. The average Bonchev–Trinajstić information content (AvgIpc) is 3.00. The lowest BCUT2D eigenvalue weighted by atomic mass is 9.43. The standard InChI is InChI=1S/C32H56O14/c1-29(2)17-6-10-31(4)18(30(17,3)9-8-20(29)45-28-26(41)24(39)22(37)16(13-34)44-28)7-11-32(5,46-31)19(35)14-42-27-25(40)23(38)21(36)15(12-33)43-27/h15-28,33-41H,6-14H2,1-5H3/t15-,16-,17-,18+,19+,20-,21-,22-,23+,24+,25-,26-,27-,28+,30-,31+,32-/m1/s1. The van der Waals surface area contributed by atoms with E-state index in [1.165, 1.54) is 0 Å². The Kier molecular flexibility index (Phi) is 10.6. The first-order valence-electron chi connectivity index (χ1n) is 16.7. The molecular formula is C32H56O14. The minimum absolute atomic E-state index is 0.134. The molecule has 3 aliphatic heterocycles. The minimum Gasteiger partial charge on any atom is -0.394 e. The Morgan fingerprint density at radius 3 is 1.80 bits per heavy atom. The Bertz CT molecular complexity index is 1040. The Morgan fingerprint density at radius 2 is 1.22 bits per heavy atom. The van der Waals surface area contributed by atoms with Gasteiger partial charge in [-0.05, 0) is 75.0 Å². The number of aliphatic hydroxyl groups is 9. The van der Waals surface area contributed by atoms with Crippen LogP contribution in [0.2, 0.25) is 0 Å². The van der Waals surface area contributed by atoms with Crippen molar-refractivity contribution >= 4 is 0 Å². The van der Waals surface area contributed by atoms with Crippen molar-refractivity contribution in [2.75, 3.05) is 19.8 Å². The smallest absolute Gasteiger partial charge is 0.186 e. The molecule has 3 heterocycles. The second kappa shape index (κ2) is 13.3. The molecular weight excluding hydrogens is 608 g/mol. The van der Waals surface area contributed by atoms with E-state index in [1.54, 1.807) is 0 Å². The van der Waals surface area contributed by atoms with Gasteiger partial charge in [-0.2, -0.15) is 0 Å². The van der Waals surface area contributed by atoms with Crippen molar-refractivity contribution in [3.63, 3.8) is 0 Å². The third-order valence-electron chi connectivity index (χ3n) is 12.4. The fraction of sp³-hybridized carbons (Fsp3) is 1.00. The van der Waals surface area contributed by atoms with Gasteiger partial charge in [0, 0.05) is 0 Å². The molecule has 2 saturated carbocycles. The molecule has 0 radical (unpaired) electrons. The molecule has 2 aliphatic carbocycles. The van der Waals surface area contributed by atoms with Crippen molar-refractivity contribution in [3.8, 4) is 0 Å². The summed E-state index contributed by atoms with van der Waals surface area (Å²) in [5.74, 6) is 0.381. The van der Waals surface area contributed by atoms with Gasteiger partial charge in [0.1, 0.15) is 54.9 Å². The number of hydrogen-bond acceptors (Lipinski definition) is 14. The van der Waals surface area contributed by atoms with Gasteiger partial charge in [-0.1, -0.05) is 20.8 Å². The van der Waals surface area contributed by atoms with Gasteiger partial charge in [-0.25, -0.2) is 0 Å². The molecule has 9 N–H and O–H groups in total. The summed E-state index contributed by atoms with van der Waals surface area (Å²) in [7, 11) is 0. The Labute approximate surface area is 270 Å². The summed E-state index contributed by atoms with van der Waals surface area (Å²) in [4.78, 5) is 0. The zero-order valence-electron chi connectivity index (χ0n) is 27.5. The second-order valence-corrected chi connectivity index (χ2v) is 15.6.